The minimum Gasteiger partial charge on any atom is -0.322 e. The van der Waals surface area contributed by atoms with Crippen LogP contribution in [0.1, 0.15) is 0 Å². The van der Waals surface area contributed by atoms with E-state index in [4.69, 9.17) is 0 Å². The fourth-order valence-electron chi connectivity index (χ4n) is 4.28. The molecule has 2 amide bonds. The van der Waals surface area contributed by atoms with Crippen molar-refractivity contribution >= 4 is 38.5 Å². The molecule has 1 aromatic heterocycles. The van der Waals surface area contributed by atoms with Crippen molar-refractivity contribution in [2.75, 3.05) is 49.5 Å². The Kier molecular flexibility index (Phi) is 6.38. The van der Waals surface area contributed by atoms with Gasteiger partial charge >= 0.3 is 6.03 Å². The highest BCUT2D eigenvalue weighted by atomic mass is 32.2. The Hall–Kier alpha value is -3.89. The Bertz CT molecular complexity index is 1510. The quantitative estimate of drug-likeness (QED) is 0.430. The third kappa shape index (κ3) is 5.34. The lowest BCUT2D eigenvalue weighted by Gasteiger charge is -2.32. The molecule has 9 nitrogen and oxygen atoms in total. The van der Waals surface area contributed by atoms with E-state index in [9.17, 15) is 13.2 Å². The molecule has 1 saturated heterocycles. The number of sulfonamides is 1. The minimum atomic E-state index is -3.37. The molecule has 10 heteroatoms. The zero-order chi connectivity index (χ0) is 25.3. The topological polar surface area (TPSA) is 99.6 Å². The first-order valence-corrected chi connectivity index (χ1v) is 13.5. The van der Waals surface area contributed by atoms with Gasteiger partial charge in [-0.05, 0) is 60.6 Å². The Morgan fingerprint density at radius 1 is 0.889 bits per heavy atom. The van der Waals surface area contributed by atoms with E-state index >= 15 is 0 Å². The maximum Gasteiger partial charge on any atom is 0.321 e. The number of urea groups is 1. The number of aromatic nitrogens is 2. The summed E-state index contributed by atoms with van der Waals surface area (Å²) in [7, 11) is -1.31. The summed E-state index contributed by atoms with van der Waals surface area (Å²) in [6, 6.07) is 20.9. The van der Waals surface area contributed by atoms with E-state index in [1.165, 1.54) is 0 Å². The molecule has 0 spiro atoms. The maximum absolute atomic E-state index is 12.6. The van der Waals surface area contributed by atoms with Gasteiger partial charge in [0.15, 0.2) is 0 Å². The number of amides is 2. The van der Waals surface area contributed by atoms with Crippen molar-refractivity contribution in [1.29, 1.82) is 0 Å². The first-order valence-electron chi connectivity index (χ1n) is 11.7. The average molecular weight is 505 g/mol. The summed E-state index contributed by atoms with van der Waals surface area (Å²) in [4.78, 5) is 21.1. The molecule has 4 aromatic rings. The zero-order valence-electron chi connectivity index (χ0n) is 20.2. The number of carbonyl (C=O) groups excluding carboxylic acids is 1. The second kappa shape index (κ2) is 9.63. The van der Waals surface area contributed by atoms with Crippen LogP contribution >= 0.6 is 0 Å². The van der Waals surface area contributed by atoms with Crippen LogP contribution in [0.15, 0.2) is 73.1 Å². The summed E-state index contributed by atoms with van der Waals surface area (Å²) in [6.07, 6.45) is 2.85. The van der Waals surface area contributed by atoms with Gasteiger partial charge in [0.2, 0.25) is 10.0 Å². The average Bonchev–Trinajstić information content (AvgIpc) is 3.27. The van der Waals surface area contributed by atoms with Crippen molar-refractivity contribution in [3.05, 3.63) is 73.1 Å². The number of rotatable bonds is 5. The van der Waals surface area contributed by atoms with Crippen molar-refractivity contribution in [2.45, 2.75) is 0 Å². The van der Waals surface area contributed by atoms with Gasteiger partial charge in [0, 0.05) is 37.6 Å². The number of hydrogen-bond acceptors (Lipinski definition) is 5. The van der Waals surface area contributed by atoms with Crippen molar-refractivity contribution in [3.8, 4) is 16.8 Å². The van der Waals surface area contributed by atoms with Crippen molar-refractivity contribution in [3.63, 3.8) is 0 Å². The molecule has 2 N–H and O–H groups in total. The highest BCUT2D eigenvalue weighted by molar-refractivity contribution is 7.92. The normalized spacial score (nSPS) is 14.7. The number of nitrogens with zero attached hydrogens (tertiary/aromatic N) is 4. The molecule has 0 atom stereocenters. The fourth-order valence-corrected chi connectivity index (χ4v) is 4.84. The van der Waals surface area contributed by atoms with Crippen LogP contribution in [0.5, 0.6) is 0 Å². The summed E-state index contributed by atoms with van der Waals surface area (Å²) < 4.78 is 27.7. The summed E-state index contributed by atoms with van der Waals surface area (Å²) in [5.41, 5.74) is 5.78. The maximum atomic E-state index is 12.6. The predicted octanol–water partition coefficient (Wildman–Crippen LogP) is 3.84. The predicted molar refractivity (Wildman–Crippen MR) is 143 cm³/mol. The van der Waals surface area contributed by atoms with E-state index in [1.807, 2.05) is 51.9 Å². The molecule has 0 aliphatic carbocycles. The number of fused-ring (bicyclic) bond motifs is 1. The number of hydrogen-bond donors (Lipinski definition) is 2. The lowest BCUT2D eigenvalue weighted by molar-refractivity contribution is 0.164. The van der Waals surface area contributed by atoms with E-state index in [2.05, 4.69) is 33.0 Å². The number of piperazine rings is 1. The molecule has 0 unspecified atom stereocenters. The van der Waals surface area contributed by atoms with Crippen LogP contribution in [0, 0.1) is 0 Å². The van der Waals surface area contributed by atoms with Gasteiger partial charge in [-0.1, -0.05) is 24.3 Å². The van der Waals surface area contributed by atoms with Gasteiger partial charge in [-0.3, -0.25) is 9.29 Å². The van der Waals surface area contributed by atoms with Gasteiger partial charge in [0.25, 0.3) is 0 Å². The number of imidazole rings is 1. The Morgan fingerprint density at radius 3 is 2.33 bits per heavy atom. The molecule has 186 valence electrons. The van der Waals surface area contributed by atoms with Crippen LogP contribution in [0.2, 0.25) is 0 Å². The molecular formula is C26H28N6O3S. The minimum absolute atomic E-state index is 0.0752. The Labute approximate surface area is 210 Å². The van der Waals surface area contributed by atoms with E-state index in [0.29, 0.717) is 5.69 Å². The van der Waals surface area contributed by atoms with Crippen LogP contribution < -0.4 is 10.0 Å². The Balaban J connectivity index is 1.36. The molecule has 2 heterocycles. The molecule has 0 bridgehead atoms. The lowest BCUT2D eigenvalue weighted by Crippen LogP contribution is -2.48. The van der Waals surface area contributed by atoms with E-state index in [-0.39, 0.29) is 6.03 Å². The SMILES string of the molecule is CN1CCN(C(=O)Nc2ccc(-c3ccc4ncn(-c5cccc(NS(C)(=O)=O)c5)c4c3)cc2)CC1. The molecule has 36 heavy (non-hydrogen) atoms. The van der Waals surface area contributed by atoms with Crippen LogP contribution in [0.25, 0.3) is 27.8 Å². The van der Waals surface area contributed by atoms with Gasteiger partial charge in [0.05, 0.1) is 23.0 Å². The fraction of sp³-hybridized carbons (Fsp3) is 0.231. The molecule has 3 aromatic carbocycles. The van der Waals surface area contributed by atoms with Gasteiger partial charge in [-0.15, -0.1) is 0 Å². The number of carbonyl (C=O) groups is 1. The molecule has 1 aliphatic heterocycles. The van der Waals surface area contributed by atoms with Crippen LogP contribution in [-0.2, 0) is 10.0 Å². The molecule has 1 fully saturated rings. The smallest absolute Gasteiger partial charge is 0.321 e. The zero-order valence-corrected chi connectivity index (χ0v) is 21.0. The number of nitrogens with one attached hydrogen (secondary N) is 2. The van der Waals surface area contributed by atoms with Gasteiger partial charge in [-0.2, -0.15) is 0 Å². The molecule has 0 saturated carbocycles. The lowest BCUT2D eigenvalue weighted by atomic mass is 10.0. The van der Waals surface area contributed by atoms with E-state index in [0.717, 1.165) is 66.0 Å². The van der Waals surface area contributed by atoms with Crippen LogP contribution in [0.4, 0.5) is 16.2 Å². The third-order valence-electron chi connectivity index (χ3n) is 6.23. The summed E-state index contributed by atoms with van der Waals surface area (Å²) in [5.74, 6) is 0. The first kappa shape index (κ1) is 23.8. The van der Waals surface area contributed by atoms with Crippen molar-refractivity contribution < 1.29 is 13.2 Å². The van der Waals surface area contributed by atoms with Crippen LogP contribution in [0.3, 0.4) is 0 Å². The molecule has 1 aliphatic rings. The molecule has 0 radical (unpaired) electrons. The number of benzene rings is 3. The third-order valence-corrected chi connectivity index (χ3v) is 6.84. The highest BCUT2D eigenvalue weighted by Crippen LogP contribution is 2.28. The molecular weight excluding hydrogens is 476 g/mol. The number of anilines is 2. The van der Waals surface area contributed by atoms with Crippen molar-refractivity contribution in [2.24, 2.45) is 0 Å². The van der Waals surface area contributed by atoms with Crippen LogP contribution in [-0.4, -0.2) is 73.3 Å². The Morgan fingerprint density at radius 2 is 1.61 bits per heavy atom. The van der Waals surface area contributed by atoms with E-state index in [1.54, 1.807) is 24.5 Å². The summed E-state index contributed by atoms with van der Waals surface area (Å²) in [5, 5.41) is 2.99. The van der Waals surface area contributed by atoms with Crippen molar-refractivity contribution in [1.82, 2.24) is 19.4 Å². The molecule has 5 rings (SSSR count). The van der Waals surface area contributed by atoms with Gasteiger partial charge < -0.3 is 15.1 Å². The monoisotopic (exact) mass is 504 g/mol. The van der Waals surface area contributed by atoms with E-state index < -0.39 is 10.0 Å². The van der Waals surface area contributed by atoms with Gasteiger partial charge in [-0.25, -0.2) is 18.2 Å². The first-order chi connectivity index (χ1) is 17.2. The summed E-state index contributed by atoms with van der Waals surface area (Å²) >= 11 is 0. The second-order valence-corrected chi connectivity index (χ2v) is 10.8. The summed E-state index contributed by atoms with van der Waals surface area (Å²) in [6.45, 7) is 3.20. The highest BCUT2D eigenvalue weighted by Gasteiger charge is 2.19. The standard InChI is InChI=1S/C26H28N6O3S/c1-30-12-14-31(15-13-30)26(33)28-21-9-6-19(7-10-21)20-8-11-24-25(16-20)32(18-27-24)23-5-3-4-22(17-23)29-36(2,34)35/h3-11,16-18,29H,12-15H2,1-2H3,(H,28,33). The number of likely N-dealkylation sites (N-methyl/N-ethyl adjacent to an activating group) is 1. The van der Waals surface area contributed by atoms with Gasteiger partial charge in [0.1, 0.15) is 6.33 Å². The largest absolute Gasteiger partial charge is 0.322 e. The second-order valence-electron chi connectivity index (χ2n) is 9.04.